The fraction of sp³-hybridized carbons (Fsp3) is 0.353. The van der Waals surface area contributed by atoms with E-state index in [9.17, 15) is 4.79 Å². The van der Waals surface area contributed by atoms with Crippen molar-refractivity contribution in [1.82, 2.24) is 14.9 Å². The van der Waals surface area contributed by atoms with Crippen LogP contribution >= 0.6 is 0 Å². The number of nitrogens with zero attached hydrogens (tertiary/aromatic N) is 3. The molecule has 1 aliphatic carbocycles. The van der Waals surface area contributed by atoms with Crippen molar-refractivity contribution in [3.8, 4) is 0 Å². The molecule has 1 heterocycles. The Morgan fingerprint density at radius 1 is 1.30 bits per heavy atom. The summed E-state index contributed by atoms with van der Waals surface area (Å²) in [6, 6.07) is 9.53. The molecule has 0 unspecified atom stereocenters. The van der Waals surface area contributed by atoms with E-state index in [0.717, 1.165) is 18.5 Å². The van der Waals surface area contributed by atoms with Gasteiger partial charge in [-0.15, -0.1) is 0 Å². The molecule has 1 amide bonds. The molecule has 1 fully saturated rings. The summed E-state index contributed by atoms with van der Waals surface area (Å²) in [5.74, 6) is 0.553. The van der Waals surface area contributed by atoms with Crippen molar-refractivity contribution in [2.75, 3.05) is 25.6 Å². The van der Waals surface area contributed by atoms with E-state index in [4.69, 9.17) is 4.74 Å². The van der Waals surface area contributed by atoms with E-state index in [-0.39, 0.29) is 5.91 Å². The van der Waals surface area contributed by atoms with Gasteiger partial charge >= 0.3 is 0 Å². The summed E-state index contributed by atoms with van der Waals surface area (Å²) < 4.78 is 5.12. The fourth-order valence-corrected chi connectivity index (χ4v) is 2.41. The van der Waals surface area contributed by atoms with Crippen LogP contribution in [0.3, 0.4) is 0 Å². The average Bonchev–Trinajstić information content (AvgIpc) is 3.41. The number of nitrogens with one attached hydrogen (secondary N) is 1. The van der Waals surface area contributed by atoms with Gasteiger partial charge in [-0.1, -0.05) is 6.07 Å². The van der Waals surface area contributed by atoms with Crippen molar-refractivity contribution in [2.45, 2.75) is 18.9 Å². The summed E-state index contributed by atoms with van der Waals surface area (Å²) in [4.78, 5) is 22.9. The number of carbonyl (C=O) groups is 1. The average molecular weight is 312 g/mol. The molecule has 23 heavy (non-hydrogen) atoms. The van der Waals surface area contributed by atoms with Gasteiger partial charge in [0, 0.05) is 43.3 Å². The third-order valence-corrected chi connectivity index (χ3v) is 3.72. The zero-order chi connectivity index (χ0) is 16.1. The lowest BCUT2D eigenvalue weighted by molar-refractivity contribution is 0.0680. The molecule has 0 bridgehead atoms. The second-order valence-electron chi connectivity index (χ2n) is 5.50. The van der Waals surface area contributed by atoms with E-state index < -0.39 is 0 Å². The minimum atomic E-state index is 0.0437. The Hall–Kier alpha value is -2.47. The zero-order valence-corrected chi connectivity index (χ0v) is 13.1. The molecule has 1 aromatic carbocycles. The quantitative estimate of drug-likeness (QED) is 0.850. The molecule has 0 aliphatic heterocycles. The van der Waals surface area contributed by atoms with Crippen LogP contribution in [-0.4, -0.2) is 47.1 Å². The van der Waals surface area contributed by atoms with Crippen molar-refractivity contribution >= 4 is 17.5 Å². The standard InChI is InChI=1S/C17H20N4O2/c1-23-11-10-21(15-6-7-15)16(22)13-4-2-5-14(12-13)20-17-18-8-3-9-19-17/h2-5,8-9,12,15H,6-7,10-11H2,1H3,(H,18,19,20). The molecule has 1 N–H and O–H groups in total. The molecule has 1 aromatic heterocycles. The number of aromatic nitrogens is 2. The minimum Gasteiger partial charge on any atom is -0.383 e. The number of rotatable bonds is 7. The summed E-state index contributed by atoms with van der Waals surface area (Å²) >= 11 is 0. The van der Waals surface area contributed by atoms with Gasteiger partial charge in [0.15, 0.2) is 0 Å². The van der Waals surface area contributed by atoms with Gasteiger partial charge in [0.1, 0.15) is 0 Å². The Labute approximate surface area is 135 Å². The van der Waals surface area contributed by atoms with Crippen LogP contribution in [0.25, 0.3) is 0 Å². The van der Waals surface area contributed by atoms with Gasteiger partial charge in [0.05, 0.1) is 6.61 Å². The van der Waals surface area contributed by atoms with Crippen molar-refractivity contribution in [2.24, 2.45) is 0 Å². The molecule has 0 saturated heterocycles. The Bertz CT molecular complexity index is 659. The van der Waals surface area contributed by atoms with Gasteiger partial charge in [0.2, 0.25) is 5.95 Å². The molecule has 3 rings (SSSR count). The molecule has 120 valence electrons. The number of methoxy groups -OCH3 is 1. The first kappa shape index (κ1) is 15.4. The maximum atomic E-state index is 12.7. The number of hydrogen-bond donors (Lipinski definition) is 1. The van der Waals surface area contributed by atoms with Gasteiger partial charge in [-0.2, -0.15) is 0 Å². The van der Waals surface area contributed by atoms with Crippen LogP contribution in [0.2, 0.25) is 0 Å². The molecule has 0 spiro atoms. The normalized spacial score (nSPS) is 13.6. The predicted octanol–water partition coefficient (Wildman–Crippen LogP) is 2.47. The lowest BCUT2D eigenvalue weighted by atomic mass is 10.1. The van der Waals surface area contributed by atoms with Gasteiger partial charge in [-0.3, -0.25) is 4.79 Å². The van der Waals surface area contributed by atoms with Crippen molar-refractivity contribution in [3.63, 3.8) is 0 Å². The summed E-state index contributed by atoms with van der Waals surface area (Å²) in [5, 5.41) is 3.11. The second-order valence-corrected chi connectivity index (χ2v) is 5.50. The third kappa shape index (κ3) is 4.04. The molecule has 6 nitrogen and oxygen atoms in total. The predicted molar refractivity (Wildman–Crippen MR) is 87.7 cm³/mol. The highest BCUT2D eigenvalue weighted by atomic mass is 16.5. The Morgan fingerprint density at radius 3 is 2.78 bits per heavy atom. The number of ether oxygens (including phenoxy) is 1. The number of amides is 1. The summed E-state index contributed by atoms with van der Waals surface area (Å²) in [6.07, 6.45) is 5.49. The maximum Gasteiger partial charge on any atom is 0.254 e. The first-order valence-corrected chi connectivity index (χ1v) is 7.72. The third-order valence-electron chi connectivity index (χ3n) is 3.72. The minimum absolute atomic E-state index is 0.0437. The van der Waals surface area contributed by atoms with Crippen LogP contribution < -0.4 is 5.32 Å². The molecule has 6 heteroatoms. The van der Waals surface area contributed by atoms with Crippen molar-refractivity contribution in [1.29, 1.82) is 0 Å². The monoisotopic (exact) mass is 312 g/mol. The van der Waals surface area contributed by atoms with Gasteiger partial charge in [-0.25, -0.2) is 9.97 Å². The summed E-state index contributed by atoms with van der Waals surface area (Å²) in [6.45, 7) is 1.18. The molecule has 0 atom stereocenters. The maximum absolute atomic E-state index is 12.7. The highest BCUT2D eigenvalue weighted by molar-refractivity contribution is 5.95. The van der Waals surface area contributed by atoms with Crippen LogP contribution in [0.4, 0.5) is 11.6 Å². The topological polar surface area (TPSA) is 67.3 Å². The van der Waals surface area contributed by atoms with E-state index >= 15 is 0 Å². The highest BCUT2D eigenvalue weighted by Gasteiger charge is 2.32. The fourth-order valence-electron chi connectivity index (χ4n) is 2.41. The Kier molecular flexibility index (Phi) is 4.83. The molecular formula is C17H20N4O2. The smallest absolute Gasteiger partial charge is 0.254 e. The van der Waals surface area contributed by atoms with E-state index in [1.807, 2.05) is 29.2 Å². The molecule has 1 aliphatic rings. The van der Waals surface area contributed by atoms with Crippen LogP contribution in [0.1, 0.15) is 23.2 Å². The number of hydrogen-bond acceptors (Lipinski definition) is 5. The lowest BCUT2D eigenvalue weighted by Gasteiger charge is -2.22. The molecule has 1 saturated carbocycles. The highest BCUT2D eigenvalue weighted by Crippen LogP contribution is 2.28. The first-order chi connectivity index (χ1) is 11.3. The van der Waals surface area contributed by atoms with Crippen molar-refractivity contribution in [3.05, 3.63) is 48.3 Å². The Morgan fingerprint density at radius 2 is 2.09 bits per heavy atom. The van der Waals surface area contributed by atoms with E-state index in [1.54, 1.807) is 25.6 Å². The largest absolute Gasteiger partial charge is 0.383 e. The lowest BCUT2D eigenvalue weighted by Crippen LogP contribution is -2.35. The van der Waals surface area contributed by atoms with Gasteiger partial charge in [0.25, 0.3) is 5.91 Å². The molecular weight excluding hydrogens is 292 g/mol. The molecule has 0 radical (unpaired) electrons. The van der Waals surface area contributed by atoms with Crippen LogP contribution in [0.15, 0.2) is 42.7 Å². The molecule has 2 aromatic rings. The van der Waals surface area contributed by atoms with Gasteiger partial charge in [-0.05, 0) is 37.1 Å². The van der Waals surface area contributed by atoms with Crippen LogP contribution in [0, 0.1) is 0 Å². The van der Waals surface area contributed by atoms with Crippen molar-refractivity contribution < 1.29 is 9.53 Å². The number of anilines is 2. The zero-order valence-electron chi connectivity index (χ0n) is 13.1. The second kappa shape index (κ2) is 7.19. The Balaban J connectivity index is 1.74. The van der Waals surface area contributed by atoms with Crippen LogP contribution in [-0.2, 0) is 4.74 Å². The van der Waals surface area contributed by atoms with Crippen LogP contribution in [0.5, 0.6) is 0 Å². The number of carbonyl (C=O) groups excluding carboxylic acids is 1. The van der Waals surface area contributed by atoms with Gasteiger partial charge < -0.3 is 15.0 Å². The van der Waals surface area contributed by atoms with E-state index in [2.05, 4.69) is 15.3 Å². The summed E-state index contributed by atoms with van der Waals surface area (Å²) in [5.41, 5.74) is 1.46. The van der Waals surface area contributed by atoms with E-state index in [1.165, 1.54) is 0 Å². The van der Waals surface area contributed by atoms with E-state index in [0.29, 0.717) is 30.7 Å². The first-order valence-electron chi connectivity index (χ1n) is 7.72. The SMILES string of the molecule is COCCN(C(=O)c1cccc(Nc2ncccn2)c1)C1CC1. The summed E-state index contributed by atoms with van der Waals surface area (Å²) in [7, 11) is 1.65. The number of benzene rings is 1.